The number of amides is 1. The molecule has 1 heterocycles. The molecule has 1 aromatic rings. The second-order valence-electron chi connectivity index (χ2n) is 5.89. The van der Waals surface area contributed by atoms with Crippen molar-refractivity contribution in [3.05, 3.63) is 33.9 Å². The lowest BCUT2D eigenvalue weighted by atomic mass is 9.81. The van der Waals surface area contributed by atoms with Gasteiger partial charge < -0.3 is 10.6 Å². The summed E-state index contributed by atoms with van der Waals surface area (Å²) in [7, 11) is 0. The minimum absolute atomic E-state index is 0. The summed E-state index contributed by atoms with van der Waals surface area (Å²) in [5.74, 6) is -0.254. The average Bonchev–Trinajstić information content (AvgIpc) is 2.52. The highest BCUT2D eigenvalue weighted by atomic mass is 35.5. The number of nitro groups is 1. The van der Waals surface area contributed by atoms with Gasteiger partial charge in [-0.1, -0.05) is 6.92 Å². The van der Waals surface area contributed by atoms with Crippen molar-refractivity contribution in [1.29, 1.82) is 0 Å². The van der Waals surface area contributed by atoms with Gasteiger partial charge >= 0.3 is 0 Å². The molecule has 0 aliphatic carbocycles. The Morgan fingerprint density at radius 2 is 2.09 bits per heavy atom. The van der Waals surface area contributed by atoms with Gasteiger partial charge in [-0.05, 0) is 49.7 Å². The molecule has 23 heavy (non-hydrogen) atoms. The van der Waals surface area contributed by atoms with Crippen LogP contribution in [-0.4, -0.2) is 36.7 Å². The highest BCUT2D eigenvalue weighted by Crippen LogP contribution is 2.29. The highest BCUT2D eigenvalue weighted by Gasteiger charge is 2.27. The third kappa shape index (κ3) is 5.09. The minimum atomic E-state index is -0.448. The van der Waals surface area contributed by atoms with E-state index in [1.54, 1.807) is 18.4 Å². The quantitative estimate of drug-likeness (QED) is 0.479. The topological polar surface area (TPSA) is 84.3 Å². The molecule has 2 N–H and O–H groups in total. The first kappa shape index (κ1) is 19.7. The normalized spacial score (nSPS) is 16.3. The van der Waals surface area contributed by atoms with E-state index in [0.717, 1.165) is 25.9 Å². The van der Waals surface area contributed by atoms with Crippen LogP contribution in [0.15, 0.2) is 23.1 Å². The summed E-state index contributed by atoms with van der Waals surface area (Å²) in [4.78, 5) is 23.4. The summed E-state index contributed by atoms with van der Waals surface area (Å²) in [5, 5.41) is 17.3. The van der Waals surface area contributed by atoms with Gasteiger partial charge in [0.1, 0.15) is 0 Å². The van der Waals surface area contributed by atoms with Crippen molar-refractivity contribution in [3.8, 4) is 0 Å². The van der Waals surface area contributed by atoms with Crippen molar-refractivity contribution in [2.75, 3.05) is 25.9 Å². The summed E-state index contributed by atoms with van der Waals surface area (Å²) in [5.41, 5.74) is 0.404. The number of nitro benzene ring substituents is 1. The average molecular weight is 360 g/mol. The third-order valence-electron chi connectivity index (χ3n) is 4.12. The smallest absolute Gasteiger partial charge is 0.283 e. The molecule has 0 saturated carbocycles. The molecule has 1 fully saturated rings. The molecule has 1 saturated heterocycles. The number of hydrogen-bond donors (Lipinski definition) is 2. The molecule has 0 aromatic heterocycles. The fraction of sp³-hybridized carbons (Fsp3) is 0.533. The van der Waals surface area contributed by atoms with Gasteiger partial charge in [0, 0.05) is 18.2 Å². The number of nitrogens with one attached hydrogen (secondary N) is 2. The van der Waals surface area contributed by atoms with E-state index in [1.165, 1.54) is 17.8 Å². The van der Waals surface area contributed by atoms with E-state index in [4.69, 9.17) is 0 Å². The van der Waals surface area contributed by atoms with E-state index in [0.29, 0.717) is 17.0 Å². The molecule has 0 bridgehead atoms. The molecule has 1 aromatic carbocycles. The van der Waals surface area contributed by atoms with Gasteiger partial charge in [0.05, 0.1) is 9.82 Å². The van der Waals surface area contributed by atoms with Crippen molar-refractivity contribution < 1.29 is 9.72 Å². The van der Waals surface area contributed by atoms with Gasteiger partial charge in [0.2, 0.25) is 0 Å². The molecule has 0 spiro atoms. The van der Waals surface area contributed by atoms with Gasteiger partial charge in [-0.2, -0.15) is 0 Å². The van der Waals surface area contributed by atoms with E-state index < -0.39 is 4.92 Å². The first-order valence-electron chi connectivity index (χ1n) is 7.26. The lowest BCUT2D eigenvalue weighted by molar-refractivity contribution is -0.387. The molecular formula is C15H22ClN3O3S. The van der Waals surface area contributed by atoms with Crippen molar-refractivity contribution in [2.45, 2.75) is 24.7 Å². The van der Waals surface area contributed by atoms with Crippen LogP contribution in [0.4, 0.5) is 5.69 Å². The van der Waals surface area contributed by atoms with E-state index >= 15 is 0 Å². The Labute approximate surface area is 146 Å². The minimum Gasteiger partial charge on any atom is -0.351 e. The predicted molar refractivity (Wildman–Crippen MR) is 94.7 cm³/mol. The van der Waals surface area contributed by atoms with Crippen LogP contribution in [0.3, 0.4) is 0 Å². The number of hydrogen-bond acceptors (Lipinski definition) is 5. The van der Waals surface area contributed by atoms with Gasteiger partial charge in [0.25, 0.3) is 11.6 Å². The molecule has 0 unspecified atom stereocenters. The first-order valence-corrected chi connectivity index (χ1v) is 8.49. The summed E-state index contributed by atoms with van der Waals surface area (Å²) in [6, 6.07) is 4.62. The van der Waals surface area contributed by atoms with Crippen LogP contribution >= 0.6 is 24.2 Å². The maximum atomic E-state index is 12.2. The molecule has 6 nitrogen and oxygen atoms in total. The molecular weight excluding hydrogens is 338 g/mol. The van der Waals surface area contributed by atoms with Crippen LogP contribution in [0.5, 0.6) is 0 Å². The van der Waals surface area contributed by atoms with Gasteiger partial charge in [-0.25, -0.2) is 0 Å². The monoisotopic (exact) mass is 359 g/mol. The fourth-order valence-corrected chi connectivity index (χ4v) is 3.12. The van der Waals surface area contributed by atoms with E-state index in [2.05, 4.69) is 17.6 Å². The Kier molecular flexibility index (Phi) is 7.31. The number of halogens is 1. The molecule has 1 aliphatic heterocycles. The largest absolute Gasteiger partial charge is 0.351 e. The maximum absolute atomic E-state index is 12.2. The highest BCUT2D eigenvalue weighted by molar-refractivity contribution is 7.98. The number of piperidine rings is 1. The lowest BCUT2D eigenvalue weighted by Gasteiger charge is -2.34. The number of rotatable bonds is 5. The molecule has 128 valence electrons. The Morgan fingerprint density at radius 3 is 2.65 bits per heavy atom. The molecule has 2 rings (SSSR count). The van der Waals surface area contributed by atoms with Crippen LogP contribution in [0.25, 0.3) is 0 Å². The molecule has 1 amide bonds. The summed E-state index contributed by atoms with van der Waals surface area (Å²) in [6.07, 6.45) is 3.80. The van der Waals surface area contributed by atoms with Crippen molar-refractivity contribution in [3.63, 3.8) is 0 Å². The number of thioether (sulfide) groups is 1. The van der Waals surface area contributed by atoms with Crippen LogP contribution in [0.1, 0.15) is 30.1 Å². The Balaban J connectivity index is 0.00000264. The van der Waals surface area contributed by atoms with Crippen LogP contribution in [-0.2, 0) is 0 Å². The number of carbonyl (C=O) groups is 1. The maximum Gasteiger partial charge on any atom is 0.283 e. The Bertz CT molecular complexity index is 577. The van der Waals surface area contributed by atoms with Crippen molar-refractivity contribution in [1.82, 2.24) is 10.6 Å². The zero-order valence-electron chi connectivity index (χ0n) is 13.3. The van der Waals surface area contributed by atoms with Gasteiger partial charge in [-0.15, -0.1) is 24.2 Å². The van der Waals surface area contributed by atoms with E-state index in [1.807, 2.05) is 0 Å². The lowest BCUT2D eigenvalue weighted by Crippen LogP contribution is -2.42. The summed E-state index contributed by atoms with van der Waals surface area (Å²) >= 11 is 1.30. The number of benzene rings is 1. The summed E-state index contributed by atoms with van der Waals surface area (Å²) < 4.78 is 0. The zero-order valence-corrected chi connectivity index (χ0v) is 14.9. The number of nitrogens with zero attached hydrogens (tertiary/aromatic N) is 1. The number of carbonyl (C=O) groups excluding carboxylic acids is 1. The SMILES string of the molecule is CSc1ccc(C(=O)NCC2(C)CCNCC2)cc1[N+](=O)[O-].Cl. The second kappa shape index (κ2) is 8.52. The van der Waals surface area contributed by atoms with Crippen molar-refractivity contribution >= 4 is 35.8 Å². The fourth-order valence-electron chi connectivity index (χ4n) is 2.58. The third-order valence-corrected chi connectivity index (χ3v) is 4.91. The van der Waals surface area contributed by atoms with Crippen molar-refractivity contribution in [2.24, 2.45) is 5.41 Å². The predicted octanol–water partition coefficient (Wildman–Crippen LogP) is 2.86. The standard InChI is InChI=1S/C15H21N3O3S.ClH/c1-15(5-7-16-8-6-15)10-17-14(19)11-3-4-13(22-2)12(9-11)18(20)21;/h3-4,9,16H,5-8,10H2,1-2H3,(H,17,19);1H. The molecule has 0 radical (unpaired) electrons. The molecule has 1 aliphatic rings. The molecule has 0 atom stereocenters. The van der Waals surface area contributed by atoms with Gasteiger partial charge in [0.15, 0.2) is 0 Å². The van der Waals surface area contributed by atoms with Gasteiger partial charge in [-0.3, -0.25) is 14.9 Å². The van der Waals surface area contributed by atoms with Crippen LogP contribution in [0.2, 0.25) is 0 Å². The first-order chi connectivity index (χ1) is 10.4. The van der Waals surface area contributed by atoms with E-state index in [9.17, 15) is 14.9 Å². The van der Waals surface area contributed by atoms with E-state index in [-0.39, 0.29) is 29.4 Å². The van der Waals surface area contributed by atoms with Crippen LogP contribution < -0.4 is 10.6 Å². The Morgan fingerprint density at radius 1 is 1.43 bits per heavy atom. The second-order valence-corrected chi connectivity index (χ2v) is 6.74. The Hall–Kier alpha value is -1.31. The summed E-state index contributed by atoms with van der Waals surface area (Å²) in [6.45, 7) is 4.67. The zero-order chi connectivity index (χ0) is 16.2. The molecule has 8 heteroatoms. The van der Waals surface area contributed by atoms with Crippen LogP contribution in [0, 0.1) is 15.5 Å².